The number of aliphatic imine (C=N–C) groups is 2. The molecular formula is C48H80N20O17. The minimum Gasteiger partial charge on any atom is -0.508 e. The molecule has 0 aliphatic heterocycles. The van der Waals surface area contributed by atoms with Gasteiger partial charge in [-0.05, 0) is 69.2 Å². The van der Waals surface area contributed by atoms with Crippen LogP contribution in [0.4, 0.5) is 0 Å². The first-order valence-corrected chi connectivity index (χ1v) is 26.3. The van der Waals surface area contributed by atoms with E-state index in [0.717, 1.165) is 0 Å². The number of amides is 12. The molecule has 0 unspecified atom stereocenters. The van der Waals surface area contributed by atoms with Crippen LogP contribution in [0.3, 0.4) is 0 Å². The van der Waals surface area contributed by atoms with E-state index in [-0.39, 0.29) is 69.3 Å². The molecule has 0 saturated heterocycles. The number of nitrogens with one attached hydrogen (secondary N) is 9. The lowest BCUT2D eigenvalue weighted by atomic mass is 10.0. The van der Waals surface area contributed by atoms with Crippen LogP contribution in [-0.4, -0.2) is 203 Å². The number of phenols is 1. The number of carbonyl (C=O) groups excluding carboxylic acids is 12. The van der Waals surface area contributed by atoms with Crippen molar-refractivity contribution in [3.05, 3.63) is 29.8 Å². The number of unbranched alkanes of at least 4 members (excludes halogenated alkanes) is 1. The van der Waals surface area contributed by atoms with Crippen molar-refractivity contribution >= 4 is 88.8 Å². The highest BCUT2D eigenvalue weighted by Gasteiger charge is 2.35. The van der Waals surface area contributed by atoms with Gasteiger partial charge in [0.05, 0.1) is 38.6 Å². The molecule has 474 valence electrons. The van der Waals surface area contributed by atoms with E-state index in [2.05, 4.69) is 57.8 Å². The van der Waals surface area contributed by atoms with Gasteiger partial charge in [0.25, 0.3) is 0 Å². The maximum absolute atomic E-state index is 14.0. The van der Waals surface area contributed by atoms with Gasteiger partial charge in [-0.1, -0.05) is 18.6 Å². The summed E-state index contributed by atoms with van der Waals surface area (Å²) in [5.74, 6) is -15.6. The van der Waals surface area contributed by atoms with Crippen molar-refractivity contribution in [3.63, 3.8) is 0 Å². The maximum atomic E-state index is 14.0. The van der Waals surface area contributed by atoms with Gasteiger partial charge in [0.2, 0.25) is 70.9 Å². The molecule has 1 rings (SSSR count). The van der Waals surface area contributed by atoms with E-state index in [1.54, 1.807) is 0 Å². The number of aromatic hydroxyl groups is 1. The van der Waals surface area contributed by atoms with Crippen molar-refractivity contribution in [2.45, 2.75) is 131 Å². The predicted molar refractivity (Wildman–Crippen MR) is 299 cm³/mol. The largest absolute Gasteiger partial charge is 0.508 e. The number of aliphatic carboxylic acids is 1. The lowest BCUT2D eigenvalue weighted by Gasteiger charge is -2.26. The van der Waals surface area contributed by atoms with Crippen molar-refractivity contribution in [3.8, 4) is 5.75 Å². The van der Waals surface area contributed by atoms with Crippen molar-refractivity contribution in [1.82, 2.24) is 47.9 Å². The summed E-state index contributed by atoms with van der Waals surface area (Å²) >= 11 is 0. The Balaban J connectivity index is 3.43. The van der Waals surface area contributed by atoms with Gasteiger partial charge in [-0.25, -0.2) is 4.79 Å². The smallest absolute Gasteiger partial charge is 0.326 e. The topological polar surface area (TPSA) is 670 Å². The lowest BCUT2D eigenvalue weighted by Crippen LogP contribution is -2.61. The van der Waals surface area contributed by atoms with Crippen molar-refractivity contribution in [2.75, 3.05) is 39.4 Å². The van der Waals surface area contributed by atoms with E-state index < -0.39 is 177 Å². The number of guanidine groups is 2. The molecule has 0 bridgehead atoms. The third kappa shape index (κ3) is 30.4. The molecular weight excluding hydrogens is 1130 g/mol. The summed E-state index contributed by atoms with van der Waals surface area (Å²) in [7, 11) is 0. The van der Waals surface area contributed by atoms with Crippen LogP contribution >= 0.6 is 0 Å². The van der Waals surface area contributed by atoms with Gasteiger partial charge < -0.3 is 120 Å². The number of carboxylic acids is 1. The number of nitrogens with two attached hydrogens (primary N) is 9. The fraction of sp³-hybridized carbons (Fsp3) is 0.562. The van der Waals surface area contributed by atoms with E-state index in [1.807, 2.05) is 0 Å². The molecule has 0 heterocycles. The molecule has 37 nitrogen and oxygen atoms in total. The van der Waals surface area contributed by atoms with Crippen LogP contribution in [0.2, 0.25) is 0 Å². The minimum absolute atomic E-state index is 0.0180. The first kappa shape index (κ1) is 73.5. The zero-order chi connectivity index (χ0) is 64.3. The average Bonchev–Trinajstić information content (AvgIpc) is 3.64. The Morgan fingerprint density at radius 3 is 1.31 bits per heavy atom. The molecule has 9 atom stereocenters. The Hall–Kier alpha value is -9.49. The number of phenolic OH excluding ortho intramolecular Hbond substituents is 1. The Kier molecular flexibility index (Phi) is 33.8. The standard InChI is InChI=1S/C48H80N20O17/c49-14-2-1-5-25(50)38(76)65-31(19-36(53)74)43(81)66-30(18-35(52)73)39(77)60-20-37(75)61-29(17-23-8-10-24(71)11-9-23)42(80)68-33(22-70)45(83)63-27(7-4-16-59-48(56)57)41(79)67-32(21-69)44(82)62-26(6-3-15-58-47(54)55)40(78)64-28(46(84)85)12-13-34(51)72/h8-11,25-33,69-71H,1-7,12-22,49-50H2,(H2,51,72)(H2,52,73)(H2,53,74)(H,60,77)(H,61,75)(H,62,82)(H,63,83)(H,64,78)(H,65,76)(H,66,81)(H,67,79)(H,68,80)(H,84,85)(H4,54,55,58)(H4,56,57,59)/t25-,26-,27-,28-,29-,30-,31-,32-,33-/m0/s1. The molecule has 31 N–H and O–H groups in total. The van der Waals surface area contributed by atoms with E-state index in [1.165, 1.54) is 24.3 Å². The number of hydrogen-bond acceptors (Lipinski definition) is 20. The minimum atomic E-state index is -1.92. The molecule has 0 radical (unpaired) electrons. The number of hydrogen-bond donors (Lipinski definition) is 22. The van der Waals surface area contributed by atoms with Crippen LogP contribution < -0.4 is 99.5 Å². The van der Waals surface area contributed by atoms with Crippen LogP contribution in [0.1, 0.15) is 76.2 Å². The van der Waals surface area contributed by atoms with Crippen LogP contribution in [0.15, 0.2) is 34.3 Å². The van der Waals surface area contributed by atoms with E-state index in [9.17, 15) is 82.8 Å². The van der Waals surface area contributed by atoms with Gasteiger partial charge in [0.1, 0.15) is 54.1 Å². The zero-order valence-electron chi connectivity index (χ0n) is 46.4. The van der Waals surface area contributed by atoms with Crippen molar-refractivity contribution in [2.24, 2.45) is 61.6 Å². The zero-order valence-corrected chi connectivity index (χ0v) is 46.4. The third-order valence-electron chi connectivity index (χ3n) is 11.9. The lowest BCUT2D eigenvalue weighted by molar-refractivity contribution is -0.142. The maximum Gasteiger partial charge on any atom is 0.326 e. The summed E-state index contributed by atoms with van der Waals surface area (Å²) in [6.45, 7) is -3.12. The van der Waals surface area contributed by atoms with Crippen LogP contribution in [0, 0.1) is 0 Å². The summed E-state index contributed by atoms with van der Waals surface area (Å²) in [6, 6.07) is -9.77. The second-order valence-electron chi connectivity index (χ2n) is 19.0. The predicted octanol–water partition coefficient (Wildman–Crippen LogP) is -11.4. The van der Waals surface area contributed by atoms with Gasteiger partial charge >= 0.3 is 5.97 Å². The molecule has 1 aromatic carbocycles. The number of aliphatic hydroxyl groups excluding tert-OH is 2. The second-order valence-corrected chi connectivity index (χ2v) is 19.0. The van der Waals surface area contributed by atoms with E-state index in [4.69, 9.17) is 51.6 Å². The Morgan fingerprint density at radius 1 is 0.459 bits per heavy atom. The highest BCUT2D eigenvalue weighted by atomic mass is 16.4. The summed E-state index contributed by atoms with van der Waals surface area (Å²) in [5.41, 5.74) is 49.0. The van der Waals surface area contributed by atoms with Gasteiger partial charge in [-0.3, -0.25) is 67.5 Å². The molecule has 0 fully saturated rings. The molecule has 85 heavy (non-hydrogen) atoms. The first-order valence-electron chi connectivity index (χ1n) is 26.3. The van der Waals surface area contributed by atoms with E-state index >= 15 is 0 Å². The number of carboxylic acid groups (broad SMARTS) is 1. The number of benzene rings is 1. The quantitative estimate of drug-likeness (QED) is 0.0164. The molecule has 0 aliphatic rings. The van der Waals surface area contributed by atoms with Crippen LogP contribution in [0.25, 0.3) is 0 Å². The Labute approximate surface area is 486 Å². The molecule has 0 aliphatic carbocycles. The van der Waals surface area contributed by atoms with Crippen molar-refractivity contribution < 1.29 is 82.8 Å². The molecule has 1 aromatic rings. The average molecular weight is 1210 g/mol. The van der Waals surface area contributed by atoms with Gasteiger partial charge in [0, 0.05) is 25.9 Å². The summed E-state index contributed by atoms with van der Waals surface area (Å²) in [4.78, 5) is 176. The summed E-state index contributed by atoms with van der Waals surface area (Å²) in [6.07, 6.45) is -2.32. The Bertz CT molecular complexity index is 2530. The van der Waals surface area contributed by atoms with Crippen molar-refractivity contribution in [1.29, 1.82) is 0 Å². The number of carbonyl (C=O) groups is 13. The second kappa shape index (κ2) is 39.1. The highest BCUT2D eigenvalue weighted by Crippen LogP contribution is 2.13. The number of primary amides is 3. The van der Waals surface area contributed by atoms with Gasteiger partial charge in [0.15, 0.2) is 11.9 Å². The number of rotatable bonds is 42. The first-order chi connectivity index (χ1) is 40.0. The molecule has 0 saturated carbocycles. The van der Waals surface area contributed by atoms with Gasteiger partial charge in [-0.2, -0.15) is 0 Å². The van der Waals surface area contributed by atoms with E-state index in [0.29, 0.717) is 24.9 Å². The fourth-order valence-corrected chi connectivity index (χ4v) is 7.46. The Morgan fingerprint density at radius 2 is 0.871 bits per heavy atom. The van der Waals surface area contributed by atoms with Gasteiger partial charge in [-0.15, -0.1) is 0 Å². The number of nitrogens with zero attached hydrogens (tertiary/aromatic N) is 2. The molecule has 0 aromatic heterocycles. The highest BCUT2D eigenvalue weighted by molar-refractivity contribution is 5.99. The summed E-state index contributed by atoms with van der Waals surface area (Å²) in [5, 5.41) is 60.4. The third-order valence-corrected chi connectivity index (χ3v) is 11.9. The van der Waals surface area contributed by atoms with Crippen LogP contribution in [-0.2, 0) is 68.7 Å². The fourth-order valence-electron chi connectivity index (χ4n) is 7.46. The number of aliphatic hydroxyl groups is 2. The molecule has 12 amide bonds. The summed E-state index contributed by atoms with van der Waals surface area (Å²) < 4.78 is 0. The SMILES string of the molecule is NCCCC[C@H](N)C(=O)N[C@@H](CC(N)=O)C(=O)N[C@@H](CC(N)=O)C(=O)NCC(=O)N[C@@H](Cc1ccc(O)cc1)C(=O)N[C@@H](CO)C(=O)N[C@@H](CCCN=C(N)N)C(=O)N[C@@H](CO)C(=O)N[C@@H](CCCN=C(N)N)C(=O)N[C@@H](CCC(N)=O)C(=O)O. The van der Waals surface area contributed by atoms with Crippen LogP contribution in [0.5, 0.6) is 5.75 Å². The molecule has 37 heteroatoms. The monoisotopic (exact) mass is 1210 g/mol. The molecule has 0 spiro atoms. The normalized spacial score (nSPS) is 13.9.